The Morgan fingerprint density at radius 3 is 1.86 bits per heavy atom. The molecule has 5 nitrogen and oxygen atoms in total. The van der Waals surface area contributed by atoms with Crippen LogP contribution in [0.3, 0.4) is 0 Å². The van der Waals surface area contributed by atoms with E-state index in [1.165, 1.54) is 32.4 Å². The molecule has 0 saturated carbocycles. The van der Waals surface area contributed by atoms with Gasteiger partial charge in [-0.1, -0.05) is 18.2 Å². The topological polar surface area (TPSA) is 78.6 Å². The summed E-state index contributed by atoms with van der Waals surface area (Å²) in [4.78, 5) is -0.196. The number of nitrogens with two attached hydrogens (primary N) is 1. The van der Waals surface area contributed by atoms with Gasteiger partial charge in [0.1, 0.15) is 11.5 Å². The molecule has 0 bridgehead atoms. The molecule has 0 spiro atoms. The zero-order chi connectivity index (χ0) is 21.3. The van der Waals surface area contributed by atoms with E-state index in [1.54, 1.807) is 25.1 Å². The van der Waals surface area contributed by atoms with Crippen molar-refractivity contribution in [3.8, 4) is 33.8 Å². The molecule has 0 unspecified atom stereocenters. The number of halogens is 2. The molecule has 8 heteroatoms. The summed E-state index contributed by atoms with van der Waals surface area (Å²) in [6, 6.07) is 11.1. The van der Waals surface area contributed by atoms with E-state index in [2.05, 4.69) is 0 Å². The lowest BCUT2D eigenvalue weighted by molar-refractivity contribution is 0.389. The summed E-state index contributed by atoms with van der Waals surface area (Å²) < 4.78 is 63.1. The van der Waals surface area contributed by atoms with Gasteiger partial charge in [-0.05, 0) is 53.9 Å². The first kappa shape index (κ1) is 20.8. The number of methoxy groups -OCH3 is 2. The second-order valence-corrected chi connectivity index (χ2v) is 7.89. The minimum absolute atomic E-state index is 0.155. The second kappa shape index (κ2) is 7.81. The third kappa shape index (κ3) is 3.94. The molecule has 0 aromatic heterocycles. The van der Waals surface area contributed by atoms with Gasteiger partial charge in [-0.25, -0.2) is 22.3 Å². The average molecular weight is 419 g/mol. The van der Waals surface area contributed by atoms with Crippen LogP contribution in [0.2, 0.25) is 0 Å². The summed E-state index contributed by atoms with van der Waals surface area (Å²) in [5.74, 6) is -1.22. The molecular weight excluding hydrogens is 400 g/mol. The highest BCUT2D eigenvalue weighted by atomic mass is 32.2. The van der Waals surface area contributed by atoms with Gasteiger partial charge in [-0.15, -0.1) is 0 Å². The van der Waals surface area contributed by atoms with Crippen LogP contribution in [0, 0.1) is 18.6 Å². The fourth-order valence-corrected chi connectivity index (χ4v) is 3.94. The van der Waals surface area contributed by atoms with E-state index in [0.717, 1.165) is 17.7 Å². The Hall–Kier alpha value is -2.97. The van der Waals surface area contributed by atoms with E-state index in [0.29, 0.717) is 17.1 Å². The van der Waals surface area contributed by atoms with Crippen molar-refractivity contribution < 1.29 is 26.7 Å². The molecule has 0 aliphatic rings. The third-order valence-electron chi connectivity index (χ3n) is 4.61. The molecule has 0 fully saturated rings. The predicted molar refractivity (Wildman–Crippen MR) is 106 cm³/mol. The minimum atomic E-state index is -4.10. The van der Waals surface area contributed by atoms with Crippen LogP contribution in [0.1, 0.15) is 5.56 Å². The van der Waals surface area contributed by atoms with Crippen LogP contribution in [0.25, 0.3) is 22.3 Å². The molecule has 0 atom stereocenters. The molecule has 0 aliphatic heterocycles. The molecule has 3 aromatic rings. The maximum absolute atomic E-state index is 14.2. The van der Waals surface area contributed by atoms with E-state index >= 15 is 0 Å². The Kier molecular flexibility index (Phi) is 5.59. The first-order chi connectivity index (χ1) is 13.7. The Balaban J connectivity index is 2.39. The number of sulfonamides is 1. The smallest absolute Gasteiger partial charge is 0.238 e. The van der Waals surface area contributed by atoms with Crippen LogP contribution in [-0.2, 0) is 10.0 Å². The zero-order valence-corrected chi connectivity index (χ0v) is 16.8. The lowest BCUT2D eigenvalue weighted by Crippen LogP contribution is -2.13. The largest absolute Gasteiger partial charge is 0.496 e. The Morgan fingerprint density at radius 2 is 1.34 bits per heavy atom. The number of hydrogen-bond donors (Lipinski definition) is 1. The summed E-state index contributed by atoms with van der Waals surface area (Å²) >= 11 is 0. The van der Waals surface area contributed by atoms with Gasteiger partial charge in [0.2, 0.25) is 10.0 Å². The Labute approximate surface area is 167 Å². The van der Waals surface area contributed by atoms with Crippen molar-refractivity contribution in [2.24, 2.45) is 5.14 Å². The molecular formula is C21H19F2NO4S. The van der Waals surface area contributed by atoms with Crippen molar-refractivity contribution >= 4 is 10.0 Å². The van der Waals surface area contributed by atoms with Gasteiger partial charge in [0.05, 0.1) is 19.1 Å². The first-order valence-electron chi connectivity index (χ1n) is 8.51. The predicted octanol–water partition coefficient (Wildman–Crippen LogP) is 4.27. The van der Waals surface area contributed by atoms with Gasteiger partial charge in [-0.3, -0.25) is 0 Å². The van der Waals surface area contributed by atoms with E-state index < -0.39 is 21.7 Å². The summed E-state index contributed by atoms with van der Waals surface area (Å²) in [6.07, 6.45) is 0. The number of hydrogen-bond acceptors (Lipinski definition) is 4. The molecule has 0 heterocycles. The highest BCUT2D eigenvalue weighted by Crippen LogP contribution is 2.40. The summed E-state index contributed by atoms with van der Waals surface area (Å²) in [7, 11) is -1.14. The Morgan fingerprint density at radius 1 is 0.828 bits per heavy atom. The molecule has 29 heavy (non-hydrogen) atoms. The number of primary sulfonamides is 1. The van der Waals surface area contributed by atoms with Gasteiger partial charge in [0.15, 0.2) is 11.6 Å². The highest BCUT2D eigenvalue weighted by Gasteiger charge is 2.21. The Bertz CT molecular complexity index is 1170. The van der Waals surface area contributed by atoms with Gasteiger partial charge in [0.25, 0.3) is 0 Å². The van der Waals surface area contributed by atoms with Crippen LogP contribution in [0.5, 0.6) is 11.5 Å². The van der Waals surface area contributed by atoms with Gasteiger partial charge < -0.3 is 9.47 Å². The van der Waals surface area contributed by atoms with Crippen molar-refractivity contribution in [2.45, 2.75) is 11.8 Å². The third-order valence-corrected chi connectivity index (χ3v) is 5.58. The summed E-state index contributed by atoms with van der Waals surface area (Å²) in [6.45, 7) is 1.80. The van der Waals surface area contributed by atoms with Gasteiger partial charge in [0, 0.05) is 11.1 Å². The normalized spacial score (nSPS) is 11.4. The van der Waals surface area contributed by atoms with E-state index in [1.807, 2.05) is 0 Å². The first-order valence-corrected chi connectivity index (χ1v) is 10.1. The quantitative estimate of drug-likeness (QED) is 0.670. The fraction of sp³-hybridized carbons (Fsp3) is 0.143. The molecule has 3 aromatic carbocycles. The SMILES string of the molecule is COc1cc(-c2cc(F)c(F)cc2-c2ccccc2S(N)(=O)=O)cc(OC)c1C. The van der Waals surface area contributed by atoms with Crippen LogP contribution in [-0.4, -0.2) is 22.6 Å². The maximum Gasteiger partial charge on any atom is 0.238 e. The van der Waals surface area contributed by atoms with Gasteiger partial charge in [-0.2, -0.15) is 0 Å². The maximum atomic E-state index is 14.2. The van der Waals surface area contributed by atoms with Crippen molar-refractivity contribution in [1.29, 1.82) is 0 Å². The highest BCUT2D eigenvalue weighted by molar-refractivity contribution is 7.89. The summed E-state index contributed by atoms with van der Waals surface area (Å²) in [5, 5.41) is 5.33. The molecule has 0 aliphatic carbocycles. The molecule has 0 amide bonds. The van der Waals surface area contributed by atoms with Crippen molar-refractivity contribution in [3.63, 3.8) is 0 Å². The number of ether oxygens (including phenoxy) is 2. The standard InChI is InChI=1S/C21H19F2NO4S/c1-12-19(27-2)8-13(9-20(12)28-3)15-10-17(22)18(23)11-16(15)14-6-4-5-7-21(14)29(24,25)26/h4-11H,1-3H3,(H2,24,25,26). The fourth-order valence-electron chi connectivity index (χ4n) is 3.19. The molecule has 2 N–H and O–H groups in total. The van der Waals surface area contributed by atoms with Crippen LogP contribution in [0.4, 0.5) is 8.78 Å². The minimum Gasteiger partial charge on any atom is -0.496 e. The second-order valence-electron chi connectivity index (χ2n) is 6.36. The number of rotatable bonds is 5. The molecule has 152 valence electrons. The van der Waals surface area contributed by atoms with Crippen LogP contribution < -0.4 is 14.6 Å². The monoisotopic (exact) mass is 419 g/mol. The lowest BCUT2D eigenvalue weighted by Gasteiger charge is -2.17. The van der Waals surface area contributed by atoms with Gasteiger partial charge >= 0.3 is 0 Å². The zero-order valence-electron chi connectivity index (χ0n) is 16.0. The lowest BCUT2D eigenvalue weighted by atomic mass is 9.93. The van der Waals surface area contributed by atoms with Crippen LogP contribution >= 0.6 is 0 Å². The molecule has 0 radical (unpaired) electrons. The average Bonchev–Trinajstić information content (AvgIpc) is 2.69. The summed E-state index contributed by atoms with van der Waals surface area (Å²) in [5.41, 5.74) is 1.77. The molecule has 3 rings (SSSR count). The number of benzene rings is 3. The van der Waals surface area contributed by atoms with Crippen molar-refractivity contribution in [1.82, 2.24) is 0 Å². The molecule has 0 saturated heterocycles. The van der Waals surface area contributed by atoms with Crippen LogP contribution in [0.15, 0.2) is 53.4 Å². The van der Waals surface area contributed by atoms with Crippen molar-refractivity contribution in [3.05, 3.63) is 65.7 Å². The van der Waals surface area contributed by atoms with E-state index in [4.69, 9.17) is 14.6 Å². The van der Waals surface area contributed by atoms with E-state index in [9.17, 15) is 17.2 Å². The van der Waals surface area contributed by atoms with Crippen molar-refractivity contribution in [2.75, 3.05) is 14.2 Å². The van der Waals surface area contributed by atoms with E-state index in [-0.39, 0.29) is 21.6 Å².